The van der Waals surface area contributed by atoms with Crippen LogP contribution in [0.2, 0.25) is 0 Å². The molecule has 1 amide bonds. The number of hydrazone groups is 2. The second-order valence-electron chi connectivity index (χ2n) is 6.34. The number of carbonyl (C=O) groups excluding carboxylic acids is 1. The fourth-order valence-corrected chi connectivity index (χ4v) is 3.45. The molecule has 0 aliphatic carbocycles. The Hall–Kier alpha value is -4.51. The average Bonchev–Trinajstić information content (AvgIpc) is 3.34. The molecule has 4 rings (SSSR count). The molecule has 0 spiro atoms. The maximum absolute atomic E-state index is 12.7. The Labute approximate surface area is 185 Å². The largest absolute Gasteiger partial charge is 0.293 e. The SMILES string of the molecule is O=C(N/N=C/c1ccc([N+](=O)[O-])cc1)/C(=N/Nc1ncnc2ccccc12)c1cccs1. The Morgan fingerprint density at radius 3 is 2.62 bits per heavy atom. The van der Waals surface area contributed by atoms with Crippen LogP contribution in [0.25, 0.3) is 10.9 Å². The molecule has 0 unspecified atom stereocenters. The van der Waals surface area contributed by atoms with Gasteiger partial charge in [0.2, 0.25) is 0 Å². The number of carbonyl (C=O) groups is 1. The zero-order chi connectivity index (χ0) is 22.3. The Kier molecular flexibility index (Phi) is 6.18. The number of non-ortho nitro benzene ring substituents is 1. The summed E-state index contributed by atoms with van der Waals surface area (Å²) in [5, 5.41) is 21.5. The van der Waals surface area contributed by atoms with Crippen LogP contribution in [0.3, 0.4) is 0 Å². The minimum Gasteiger partial charge on any atom is -0.265 e. The number of anilines is 1. The molecule has 2 heterocycles. The van der Waals surface area contributed by atoms with Gasteiger partial charge in [-0.15, -0.1) is 11.3 Å². The highest BCUT2D eigenvalue weighted by atomic mass is 32.1. The molecule has 158 valence electrons. The van der Waals surface area contributed by atoms with Crippen molar-refractivity contribution < 1.29 is 9.72 Å². The monoisotopic (exact) mass is 445 g/mol. The van der Waals surface area contributed by atoms with Gasteiger partial charge in [0.15, 0.2) is 11.5 Å². The molecule has 0 aliphatic heterocycles. The van der Waals surface area contributed by atoms with Gasteiger partial charge in [-0.25, -0.2) is 15.4 Å². The molecule has 0 atom stereocenters. The summed E-state index contributed by atoms with van der Waals surface area (Å²) < 4.78 is 0. The quantitative estimate of drug-likeness (QED) is 0.254. The first kappa shape index (κ1) is 20.8. The third-order valence-corrected chi connectivity index (χ3v) is 5.15. The van der Waals surface area contributed by atoms with E-state index in [1.807, 2.05) is 35.7 Å². The second-order valence-corrected chi connectivity index (χ2v) is 7.28. The van der Waals surface area contributed by atoms with Crippen molar-refractivity contribution in [2.24, 2.45) is 10.2 Å². The molecule has 2 N–H and O–H groups in total. The van der Waals surface area contributed by atoms with E-state index in [0.717, 1.165) is 10.9 Å². The first-order valence-corrected chi connectivity index (χ1v) is 10.1. The number of fused-ring (bicyclic) bond motifs is 1. The number of nitro groups is 1. The first-order chi connectivity index (χ1) is 15.6. The van der Waals surface area contributed by atoms with Gasteiger partial charge in [-0.05, 0) is 41.3 Å². The maximum atomic E-state index is 12.7. The molecular weight excluding hydrogens is 430 g/mol. The molecule has 0 saturated heterocycles. The van der Waals surface area contributed by atoms with Crippen molar-refractivity contribution in [1.29, 1.82) is 0 Å². The molecule has 0 bridgehead atoms. The van der Waals surface area contributed by atoms with E-state index in [0.29, 0.717) is 16.3 Å². The van der Waals surface area contributed by atoms with E-state index in [-0.39, 0.29) is 11.4 Å². The number of aromatic nitrogens is 2. The average molecular weight is 445 g/mol. The van der Waals surface area contributed by atoms with Gasteiger partial charge < -0.3 is 0 Å². The summed E-state index contributed by atoms with van der Waals surface area (Å²) in [6, 6.07) is 16.8. The van der Waals surface area contributed by atoms with Crippen LogP contribution in [-0.4, -0.2) is 32.7 Å². The molecule has 0 aliphatic rings. The predicted octanol–water partition coefficient (Wildman–Crippen LogP) is 3.57. The molecule has 10 nitrogen and oxygen atoms in total. The number of nitrogens with zero attached hydrogens (tertiary/aromatic N) is 5. The summed E-state index contributed by atoms with van der Waals surface area (Å²) in [6.07, 6.45) is 2.80. The van der Waals surface area contributed by atoms with Crippen molar-refractivity contribution in [1.82, 2.24) is 15.4 Å². The van der Waals surface area contributed by atoms with Crippen molar-refractivity contribution in [3.05, 3.63) is 92.9 Å². The second kappa shape index (κ2) is 9.53. The van der Waals surface area contributed by atoms with Gasteiger partial charge in [0.05, 0.1) is 21.5 Å². The third-order valence-electron chi connectivity index (χ3n) is 4.27. The third kappa shape index (κ3) is 4.79. The number of nitro benzene ring substituents is 1. The van der Waals surface area contributed by atoms with Crippen molar-refractivity contribution in [2.75, 3.05) is 5.43 Å². The Morgan fingerprint density at radius 2 is 1.88 bits per heavy atom. The lowest BCUT2D eigenvalue weighted by atomic mass is 10.2. The van der Waals surface area contributed by atoms with Crippen molar-refractivity contribution in [3.8, 4) is 0 Å². The van der Waals surface area contributed by atoms with Crippen LogP contribution in [0.1, 0.15) is 10.4 Å². The number of rotatable bonds is 7. The van der Waals surface area contributed by atoms with Crippen molar-refractivity contribution in [2.45, 2.75) is 0 Å². The van der Waals surface area contributed by atoms with Crippen LogP contribution in [0.5, 0.6) is 0 Å². The van der Waals surface area contributed by atoms with E-state index in [2.05, 4.69) is 31.0 Å². The van der Waals surface area contributed by atoms with Crippen LogP contribution in [0.15, 0.2) is 82.6 Å². The molecule has 0 fully saturated rings. The number of thiophene rings is 1. The number of nitrogens with one attached hydrogen (secondary N) is 2. The Balaban J connectivity index is 1.52. The van der Waals surface area contributed by atoms with E-state index in [1.165, 1.54) is 48.1 Å². The van der Waals surface area contributed by atoms with Gasteiger partial charge >= 0.3 is 0 Å². The molecule has 0 radical (unpaired) electrons. The van der Waals surface area contributed by atoms with Crippen LogP contribution in [-0.2, 0) is 4.79 Å². The number of para-hydroxylation sites is 1. The normalized spacial score (nSPS) is 11.6. The van der Waals surface area contributed by atoms with Gasteiger partial charge in [0.1, 0.15) is 6.33 Å². The number of hydrogen-bond donors (Lipinski definition) is 2. The van der Waals surface area contributed by atoms with Crippen LogP contribution in [0.4, 0.5) is 11.5 Å². The first-order valence-electron chi connectivity index (χ1n) is 9.27. The van der Waals surface area contributed by atoms with Gasteiger partial charge in [-0.2, -0.15) is 10.2 Å². The number of hydrogen-bond acceptors (Lipinski definition) is 9. The van der Waals surface area contributed by atoms with E-state index < -0.39 is 10.8 Å². The Bertz CT molecular complexity index is 1310. The minimum absolute atomic E-state index is 0.0263. The summed E-state index contributed by atoms with van der Waals surface area (Å²) in [7, 11) is 0. The smallest absolute Gasteiger partial charge is 0.265 e. The van der Waals surface area contributed by atoms with Crippen molar-refractivity contribution >= 4 is 51.6 Å². The molecule has 2 aromatic heterocycles. The minimum atomic E-state index is -0.531. The topological polar surface area (TPSA) is 135 Å². The lowest BCUT2D eigenvalue weighted by Crippen LogP contribution is -2.28. The van der Waals surface area contributed by atoms with E-state index >= 15 is 0 Å². The summed E-state index contributed by atoms with van der Waals surface area (Å²) in [4.78, 5) is 32.0. The lowest BCUT2D eigenvalue weighted by Gasteiger charge is -2.06. The van der Waals surface area contributed by atoms with Gasteiger partial charge in [0, 0.05) is 17.5 Å². The van der Waals surface area contributed by atoms with Crippen molar-refractivity contribution in [3.63, 3.8) is 0 Å². The lowest BCUT2D eigenvalue weighted by molar-refractivity contribution is -0.384. The summed E-state index contributed by atoms with van der Waals surface area (Å²) in [6.45, 7) is 0. The fourth-order valence-electron chi connectivity index (χ4n) is 2.73. The zero-order valence-electron chi connectivity index (χ0n) is 16.4. The maximum Gasteiger partial charge on any atom is 0.293 e. The van der Waals surface area contributed by atoms with Gasteiger partial charge in [0.25, 0.3) is 11.6 Å². The van der Waals surface area contributed by atoms with Crippen LogP contribution < -0.4 is 10.9 Å². The molecule has 0 saturated carbocycles. The molecule has 2 aromatic carbocycles. The predicted molar refractivity (Wildman–Crippen MR) is 123 cm³/mol. The number of amides is 1. The van der Waals surface area contributed by atoms with Gasteiger partial charge in [-0.3, -0.25) is 20.3 Å². The summed E-state index contributed by atoms with van der Waals surface area (Å²) in [5.41, 5.74) is 6.72. The van der Waals surface area contributed by atoms with Crippen LogP contribution in [0, 0.1) is 10.1 Å². The highest BCUT2D eigenvalue weighted by Gasteiger charge is 2.15. The summed E-state index contributed by atoms with van der Waals surface area (Å²) >= 11 is 1.35. The standard InChI is InChI=1S/C21H15N7O3S/c29-21(27-24-12-14-7-9-15(10-8-14)28(30)31)19(18-6-3-11-32-18)25-26-20-16-4-1-2-5-17(16)22-13-23-20/h1-13H,(H,27,29)(H,22,23,26)/b24-12+,25-19+. The van der Waals surface area contributed by atoms with Crippen LogP contribution >= 0.6 is 11.3 Å². The van der Waals surface area contributed by atoms with Gasteiger partial charge in [-0.1, -0.05) is 18.2 Å². The molecule has 4 aromatic rings. The van der Waals surface area contributed by atoms with E-state index in [1.54, 1.807) is 6.07 Å². The Morgan fingerprint density at radius 1 is 1.06 bits per heavy atom. The fraction of sp³-hybridized carbons (Fsp3) is 0. The molecule has 11 heteroatoms. The number of benzene rings is 2. The zero-order valence-corrected chi connectivity index (χ0v) is 17.2. The highest BCUT2D eigenvalue weighted by molar-refractivity contribution is 7.13. The summed E-state index contributed by atoms with van der Waals surface area (Å²) in [5.74, 6) is -0.0664. The van der Waals surface area contributed by atoms with E-state index in [9.17, 15) is 14.9 Å². The highest BCUT2D eigenvalue weighted by Crippen LogP contribution is 2.19. The van der Waals surface area contributed by atoms with E-state index in [4.69, 9.17) is 0 Å². The molecule has 32 heavy (non-hydrogen) atoms. The molecular formula is C21H15N7O3S.